The van der Waals surface area contributed by atoms with Crippen molar-refractivity contribution in [3.8, 4) is 17.2 Å². The molecule has 0 unspecified atom stereocenters. The molecule has 0 saturated carbocycles. The van der Waals surface area contributed by atoms with Crippen molar-refractivity contribution in [3.63, 3.8) is 0 Å². The van der Waals surface area contributed by atoms with Gasteiger partial charge < -0.3 is 14.2 Å². The monoisotopic (exact) mass is 435 g/mol. The van der Waals surface area contributed by atoms with Gasteiger partial charge in [-0.05, 0) is 42.0 Å². The summed E-state index contributed by atoms with van der Waals surface area (Å²) in [7, 11) is 3.21. The topological polar surface area (TPSA) is 73.8 Å². The highest BCUT2D eigenvalue weighted by molar-refractivity contribution is 7.22. The minimum Gasteiger partial charge on any atom is -0.497 e. The number of hydrogen-bond acceptors (Lipinski definition) is 7. The SMILES string of the molecule is COc1cccc(OCC(=O)N(Cc2cccnc2)c2nc3ccc(OC)cc3s2)c1. The van der Waals surface area contributed by atoms with Gasteiger partial charge in [-0.2, -0.15) is 0 Å². The van der Waals surface area contributed by atoms with E-state index in [0.29, 0.717) is 23.2 Å². The van der Waals surface area contributed by atoms with Crippen LogP contribution in [-0.4, -0.2) is 36.7 Å². The van der Waals surface area contributed by atoms with Crippen LogP contribution < -0.4 is 19.1 Å². The van der Waals surface area contributed by atoms with Crippen molar-refractivity contribution in [1.82, 2.24) is 9.97 Å². The lowest BCUT2D eigenvalue weighted by Gasteiger charge is -2.20. The zero-order valence-electron chi connectivity index (χ0n) is 17.1. The van der Waals surface area contributed by atoms with Crippen molar-refractivity contribution in [2.45, 2.75) is 6.54 Å². The van der Waals surface area contributed by atoms with E-state index in [9.17, 15) is 4.79 Å². The second-order valence-electron chi connectivity index (χ2n) is 6.64. The molecule has 0 aliphatic carbocycles. The van der Waals surface area contributed by atoms with Gasteiger partial charge in [-0.3, -0.25) is 14.7 Å². The maximum Gasteiger partial charge on any atom is 0.267 e. The number of hydrogen-bond donors (Lipinski definition) is 0. The van der Waals surface area contributed by atoms with Crippen LogP contribution in [0.4, 0.5) is 5.13 Å². The van der Waals surface area contributed by atoms with Crippen LogP contribution in [0.1, 0.15) is 5.56 Å². The fourth-order valence-corrected chi connectivity index (χ4v) is 4.00. The lowest BCUT2D eigenvalue weighted by Crippen LogP contribution is -2.34. The Kier molecular flexibility index (Phi) is 6.28. The van der Waals surface area contributed by atoms with Crippen LogP contribution >= 0.6 is 11.3 Å². The first-order chi connectivity index (χ1) is 15.2. The Hall–Kier alpha value is -3.65. The van der Waals surface area contributed by atoms with E-state index in [1.54, 1.807) is 43.6 Å². The highest BCUT2D eigenvalue weighted by atomic mass is 32.1. The summed E-state index contributed by atoms with van der Waals surface area (Å²) >= 11 is 1.43. The van der Waals surface area contributed by atoms with Crippen LogP contribution in [0.15, 0.2) is 67.0 Å². The smallest absolute Gasteiger partial charge is 0.267 e. The first kappa shape index (κ1) is 20.6. The number of nitrogens with zero attached hydrogens (tertiary/aromatic N) is 3. The van der Waals surface area contributed by atoms with Crippen molar-refractivity contribution in [1.29, 1.82) is 0 Å². The van der Waals surface area contributed by atoms with E-state index in [1.807, 2.05) is 42.5 Å². The zero-order valence-corrected chi connectivity index (χ0v) is 18.0. The van der Waals surface area contributed by atoms with E-state index in [4.69, 9.17) is 14.2 Å². The Bertz CT molecular complexity index is 1180. The van der Waals surface area contributed by atoms with Gasteiger partial charge in [-0.15, -0.1) is 0 Å². The summed E-state index contributed by atoms with van der Waals surface area (Å²) in [6, 6.07) is 16.6. The molecule has 8 heteroatoms. The molecule has 4 rings (SSSR count). The number of carbonyl (C=O) groups is 1. The summed E-state index contributed by atoms with van der Waals surface area (Å²) in [6.45, 7) is 0.206. The fourth-order valence-electron chi connectivity index (χ4n) is 2.99. The van der Waals surface area contributed by atoms with Gasteiger partial charge >= 0.3 is 0 Å². The van der Waals surface area contributed by atoms with Gasteiger partial charge in [0.25, 0.3) is 5.91 Å². The van der Waals surface area contributed by atoms with Crippen LogP contribution in [0.25, 0.3) is 10.2 Å². The number of amides is 1. The number of fused-ring (bicyclic) bond motifs is 1. The van der Waals surface area contributed by atoms with Crippen molar-refractivity contribution < 1.29 is 19.0 Å². The number of benzene rings is 2. The van der Waals surface area contributed by atoms with E-state index < -0.39 is 0 Å². The van der Waals surface area contributed by atoms with Gasteiger partial charge in [0.05, 0.1) is 31.0 Å². The van der Waals surface area contributed by atoms with Gasteiger partial charge in [-0.1, -0.05) is 23.5 Å². The van der Waals surface area contributed by atoms with Gasteiger partial charge in [-0.25, -0.2) is 4.98 Å². The lowest BCUT2D eigenvalue weighted by molar-refractivity contribution is -0.120. The predicted octanol–water partition coefficient (Wildman–Crippen LogP) is 4.32. The molecule has 0 spiro atoms. The molecule has 1 amide bonds. The number of anilines is 1. The third kappa shape index (κ3) is 4.92. The molecule has 0 atom stereocenters. The molecule has 0 bridgehead atoms. The number of aromatic nitrogens is 2. The minimum absolute atomic E-state index is 0.132. The molecule has 0 N–H and O–H groups in total. The average molecular weight is 436 g/mol. The standard InChI is InChI=1S/C23H21N3O4S/c1-28-17-6-3-7-19(11-17)30-15-22(27)26(14-16-5-4-10-24-13-16)23-25-20-9-8-18(29-2)12-21(20)31-23/h3-13H,14-15H2,1-2H3. The first-order valence-electron chi connectivity index (χ1n) is 9.57. The van der Waals surface area contributed by atoms with E-state index in [1.165, 1.54) is 11.3 Å². The van der Waals surface area contributed by atoms with Crippen molar-refractivity contribution >= 4 is 32.6 Å². The highest BCUT2D eigenvalue weighted by Gasteiger charge is 2.21. The number of rotatable bonds is 8. The maximum atomic E-state index is 13.2. The normalized spacial score (nSPS) is 10.6. The summed E-state index contributed by atoms with van der Waals surface area (Å²) in [5.74, 6) is 1.76. The molecule has 31 heavy (non-hydrogen) atoms. The Labute approximate surface area is 183 Å². The molecule has 0 fully saturated rings. The Morgan fingerprint density at radius 3 is 2.58 bits per heavy atom. The number of ether oxygens (including phenoxy) is 3. The van der Waals surface area contributed by atoms with Crippen molar-refractivity contribution in [2.24, 2.45) is 0 Å². The first-order valence-corrected chi connectivity index (χ1v) is 10.4. The molecule has 7 nitrogen and oxygen atoms in total. The zero-order chi connectivity index (χ0) is 21.6. The molecule has 2 aromatic carbocycles. The molecule has 0 aliphatic rings. The quantitative estimate of drug-likeness (QED) is 0.410. The van der Waals surface area contributed by atoms with Crippen molar-refractivity contribution in [2.75, 3.05) is 25.7 Å². The van der Waals surface area contributed by atoms with Gasteiger partial charge in [0, 0.05) is 18.5 Å². The van der Waals surface area contributed by atoms with Crippen LogP contribution in [-0.2, 0) is 11.3 Å². The number of thiazole rings is 1. The average Bonchev–Trinajstić information content (AvgIpc) is 3.24. The number of methoxy groups -OCH3 is 2. The predicted molar refractivity (Wildman–Crippen MR) is 120 cm³/mol. The van der Waals surface area contributed by atoms with Crippen LogP contribution in [0.2, 0.25) is 0 Å². The molecule has 4 aromatic rings. The number of carbonyl (C=O) groups excluding carboxylic acids is 1. The molecular weight excluding hydrogens is 414 g/mol. The Morgan fingerprint density at radius 2 is 1.81 bits per heavy atom. The second-order valence-corrected chi connectivity index (χ2v) is 7.65. The van der Waals surface area contributed by atoms with E-state index >= 15 is 0 Å². The van der Waals surface area contributed by atoms with Crippen LogP contribution in [0, 0.1) is 0 Å². The van der Waals surface area contributed by atoms with Crippen LogP contribution in [0.5, 0.6) is 17.2 Å². The third-order valence-electron chi connectivity index (χ3n) is 4.58. The summed E-state index contributed by atoms with van der Waals surface area (Å²) < 4.78 is 17.2. The molecular formula is C23H21N3O4S. The largest absolute Gasteiger partial charge is 0.497 e. The molecule has 0 saturated heterocycles. The van der Waals surface area contributed by atoms with E-state index in [0.717, 1.165) is 21.5 Å². The van der Waals surface area contributed by atoms with Gasteiger partial charge in [0.1, 0.15) is 17.2 Å². The fraction of sp³-hybridized carbons (Fsp3) is 0.174. The molecule has 2 aromatic heterocycles. The summed E-state index contributed by atoms with van der Waals surface area (Å²) in [6.07, 6.45) is 3.44. The molecule has 0 radical (unpaired) electrons. The Morgan fingerprint density at radius 1 is 1.00 bits per heavy atom. The summed E-state index contributed by atoms with van der Waals surface area (Å²) in [5.41, 5.74) is 1.70. The summed E-state index contributed by atoms with van der Waals surface area (Å²) in [5, 5.41) is 0.589. The van der Waals surface area contributed by atoms with Crippen LogP contribution in [0.3, 0.4) is 0 Å². The van der Waals surface area contributed by atoms with Gasteiger partial charge in [0.15, 0.2) is 11.7 Å². The summed E-state index contributed by atoms with van der Waals surface area (Å²) in [4.78, 5) is 23.6. The van der Waals surface area contributed by atoms with Gasteiger partial charge in [0.2, 0.25) is 0 Å². The molecule has 2 heterocycles. The van der Waals surface area contributed by atoms with E-state index in [-0.39, 0.29) is 12.5 Å². The third-order valence-corrected chi connectivity index (χ3v) is 5.62. The van der Waals surface area contributed by atoms with Crippen molar-refractivity contribution in [3.05, 3.63) is 72.6 Å². The minimum atomic E-state index is -0.210. The lowest BCUT2D eigenvalue weighted by atomic mass is 10.2. The maximum absolute atomic E-state index is 13.2. The molecule has 0 aliphatic heterocycles. The number of pyridine rings is 1. The second kappa shape index (κ2) is 9.44. The highest BCUT2D eigenvalue weighted by Crippen LogP contribution is 2.32. The molecule has 158 valence electrons. The van der Waals surface area contributed by atoms with E-state index in [2.05, 4.69) is 9.97 Å². The Balaban J connectivity index is 1.59.